The molecule has 3 rings (SSSR count). The SMILES string of the molecule is O=C1Oc2cc(F)ccc2CN1c1ncccc1Br. The summed E-state index contributed by atoms with van der Waals surface area (Å²) in [6, 6.07) is 7.69. The van der Waals surface area contributed by atoms with Crippen molar-refractivity contribution in [1.82, 2.24) is 4.98 Å². The highest BCUT2D eigenvalue weighted by Crippen LogP contribution is 2.32. The van der Waals surface area contributed by atoms with Crippen molar-refractivity contribution in [3.05, 3.63) is 52.4 Å². The standard InChI is InChI=1S/C13H8BrFN2O2/c14-10-2-1-5-16-12(10)17-7-8-3-4-9(15)6-11(8)19-13(17)18/h1-6H,7H2. The number of rotatable bonds is 1. The Kier molecular flexibility index (Phi) is 2.94. The molecule has 4 nitrogen and oxygen atoms in total. The van der Waals surface area contributed by atoms with Crippen LogP contribution in [0.5, 0.6) is 5.75 Å². The van der Waals surface area contributed by atoms with E-state index in [0.717, 1.165) is 5.56 Å². The van der Waals surface area contributed by atoms with Crippen molar-refractivity contribution >= 4 is 27.8 Å². The molecular formula is C13H8BrFN2O2. The molecule has 1 aromatic heterocycles. The van der Waals surface area contributed by atoms with Crippen LogP contribution in [0.25, 0.3) is 0 Å². The third kappa shape index (κ3) is 2.19. The topological polar surface area (TPSA) is 42.4 Å². The second kappa shape index (κ2) is 4.62. The predicted octanol–water partition coefficient (Wildman–Crippen LogP) is 3.50. The van der Waals surface area contributed by atoms with E-state index in [1.54, 1.807) is 24.4 Å². The van der Waals surface area contributed by atoms with E-state index in [4.69, 9.17) is 4.74 Å². The minimum absolute atomic E-state index is 0.258. The molecule has 1 aromatic carbocycles. The highest BCUT2D eigenvalue weighted by Gasteiger charge is 2.28. The second-order valence-electron chi connectivity index (χ2n) is 4.01. The highest BCUT2D eigenvalue weighted by atomic mass is 79.9. The molecule has 0 radical (unpaired) electrons. The van der Waals surface area contributed by atoms with E-state index in [2.05, 4.69) is 20.9 Å². The lowest BCUT2D eigenvalue weighted by Gasteiger charge is -2.27. The number of hydrogen-bond acceptors (Lipinski definition) is 3. The Morgan fingerprint density at radius 2 is 2.21 bits per heavy atom. The number of ether oxygens (including phenoxy) is 1. The summed E-state index contributed by atoms with van der Waals surface area (Å²) >= 11 is 3.34. The zero-order chi connectivity index (χ0) is 13.4. The van der Waals surface area contributed by atoms with E-state index in [-0.39, 0.29) is 5.75 Å². The Morgan fingerprint density at radius 3 is 3.00 bits per heavy atom. The van der Waals surface area contributed by atoms with Crippen LogP contribution in [0.3, 0.4) is 0 Å². The lowest BCUT2D eigenvalue weighted by atomic mass is 10.1. The quantitative estimate of drug-likeness (QED) is 0.807. The number of pyridine rings is 1. The highest BCUT2D eigenvalue weighted by molar-refractivity contribution is 9.10. The Hall–Kier alpha value is -1.95. The fourth-order valence-electron chi connectivity index (χ4n) is 1.88. The number of nitrogens with zero attached hydrogens (tertiary/aromatic N) is 2. The molecule has 1 amide bonds. The van der Waals surface area contributed by atoms with Crippen molar-refractivity contribution in [2.75, 3.05) is 4.90 Å². The molecule has 0 fully saturated rings. The molecule has 0 saturated carbocycles. The van der Waals surface area contributed by atoms with Crippen LogP contribution in [0.4, 0.5) is 15.0 Å². The van der Waals surface area contributed by atoms with Crippen molar-refractivity contribution in [2.24, 2.45) is 0 Å². The summed E-state index contributed by atoms with van der Waals surface area (Å²) in [5.41, 5.74) is 0.735. The summed E-state index contributed by atoms with van der Waals surface area (Å²) in [6.45, 7) is 0.296. The van der Waals surface area contributed by atoms with Crippen LogP contribution in [0.2, 0.25) is 0 Å². The Bertz CT molecular complexity index is 663. The molecule has 2 heterocycles. The van der Waals surface area contributed by atoms with Gasteiger partial charge in [-0.25, -0.2) is 14.2 Å². The van der Waals surface area contributed by atoms with Gasteiger partial charge in [0, 0.05) is 17.8 Å². The smallest absolute Gasteiger partial charge is 0.409 e. The molecule has 6 heteroatoms. The average Bonchev–Trinajstić information content (AvgIpc) is 2.39. The first kappa shape index (κ1) is 12.1. The first-order valence-electron chi connectivity index (χ1n) is 5.53. The number of carbonyl (C=O) groups is 1. The van der Waals surface area contributed by atoms with Crippen LogP contribution >= 0.6 is 15.9 Å². The van der Waals surface area contributed by atoms with Gasteiger partial charge in [-0.3, -0.25) is 4.90 Å². The molecular weight excluding hydrogens is 315 g/mol. The fourth-order valence-corrected chi connectivity index (χ4v) is 2.34. The van der Waals surface area contributed by atoms with E-state index in [1.807, 2.05) is 0 Å². The molecule has 19 heavy (non-hydrogen) atoms. The zero-order valence-electron chi connectivity index (χ0n) is 9.64. The lowest BCUT2D eigenvalue weighted by molar-refractivity contribution is 0.202. The second-order valence-corrected chi connectivity index (χ2v) is 4.87. The minimum Gasteiger partial charge on any atom is -0.409 e. The number of halogens is 2. The van der Waals surface area contributed by atoms with Crippen LogP contribution in [-0.2, 0) is 6.54 Å². The Labute approximate surface area is 117 Å². The maximum absolute atomic E-state index is 13.1. The summed E-state index contributed by atoms with van der Waals surface area (Å²) < 4.78 is 18.9. The summed E-state index contributed by atoms with van der Waals surface area (Å²) in [7, 11) is 0. The molecule has 0 bridgehead atoms. The van der Waals surface area contributed by atoms with Gasteiger partial charge in [0.05, 0.1) is 11.0 Å². The van der Waals surface area contributed by atoms with Crippen LogP contribution in [0, 0.1) is 5.82 Å². The van der Waals surface area contributed by atoms with Gasteiger partial charge in [0.15, 0.2) is 5.82 Å². The molecule has 0 saturated heterocycles. The number of amides is 1. The third-order valence-electron chi connectivity index (χ3n) is 2.77. The van der Waals surface area contributed by atoms with E-state index in [9.17, 15) is 9.18 Å². The van der Waals surface area contributed by atoms with Gasteiger partial charge in [-0.15, -0.1) is 0 Å². The van der Waals surface area contributed by atoms with Crippen molar-refractivity contribution in [3.8, 4) is 5.75 Å². The maximum atomic E-state index is 13.1. The van der Waals surface area contributed by atoms with E-state index < -0.39 is 11.9 Å². The average molecular weight is 323 g/mol. The number of benzene rings is 1. The summed E-state index contributed by atoms with van der Waals surface area (Å²) in [5, 5.41) is 0. The van der Waals surface area contributed by atoms with Gasteiger partial charge in [0.2, 0.25) is 0 Å². The number of anilines is 1. The Morgan fingerprint density at radius 1 is 1.37 bits per heavy atom. The van der Waals surface area contributed by atoms with Crippen molar-refractivity contribution in [2.45, 2.75) is 6.54 Å². The molecule has 0 spiro atoms. The molecule has 1 aliphatic rings. The first-order chi connectivity index (χ1) is 9.15. The van der Waals surface area contributed by atoms with Gasteiger partial charge >= 0.3 is 6.09 Å². The maximum Gasteiger partial charge on any atom is 0.421 e. The van der Waals surface area contributed by atoms with Crippen LogP contribution in [-0.4, -0.2) is 11.1 Å². The lowest BCUT2D eigenvalue weighted by Crippen LogP contribution is -2.37. The molecule has 96 valence electrons. The van der Waals surface area contributed by atoms with Crippen LogP contribution in [0.1, 0.15) is 5.56 Å². The van der Waals surface area contributed by atoms with Crippen molar-refractivity contribution in [1.29, 1.82) is 0 Å². The molecule has 2 aromatic rings. The molecule has 0 N–H and O–H groups in total. The van der Waals surface area contributed by atoms with Gasteiger partial charge in [0.1, 0.15) is 11.6 Å². The van der Waals surface area contributed by atoms with Crippen molar-refractivity contribution < 1.29 is 13.9 Å². The molecule has 1 aliphatic heterocycles. The summed E-state index contributed by atoms with van der Waals surface area (Å²) in [6.07, 6.45) is 1.02. The van der Waals surface area contributed by atoms with Gasteiger partial charge in [-0.1, -0.05) is 6.07 Å². The largest absolute Gasteiger partial charge is 0.421 e. The summed E-state index contributed by atoms with van der Waals surface area (Å²) in [4.78, 5) is 17.5. The fraction of sp³-hybridized carbons (Fsp3) is 0.0769. The van der Waals surface area contributed by atoms with Crippen LogP contribution in [0.15, 0.2) is 41.0 Å². The number of carbonyl (C=O) groups excluding carboxylic acids is 1. The number of aromatic nitrogens is 1. The van der Waals surface area contributed by atoms with Gasteiger partial charge in [0.25, 0.3) is 0 Å². The number of hydrogen-bond donors (Lipinski definition) is 0. The normalized spacial score (nSPS) is 14.0. The predicted molar refractivity (Wildman–Crippen MR) is 70.5 cm³/mol. The Balaban J connectivity index is 2.01. The zero-order valence-corrected chi connectivity index (χ0v) is 11.2. The van der Waals surface area contributed by atoms with Gasteiger partial charge in [-0.2, -0.15) is 0 Å². The van der Waals surface area contributed by atoms with E-state index in [0.29, 0.717) is 16.8 Å². The van der Waals surface area contributed by atoms with Gasteiger partial charge in [-0.05, 0) is 34.1 Å². The van der Waals surface area contributed by atoms with E-state index >= 15 is 0 Å². The monoisotopic (exact) mass is 322 g/mol. The third-order valence-corrected chi connectivity index (χ3v) is 3.39. The first-order valence-corrected chi connectivity index (χ1v) is 6.33. The number of fused-ring (bicyclic) bond motifs is 1. The summed E-state index contributed by atoms with van der Waals surface area (Å²) in [5.74, 6) is 0.301. The molecule has 0 unspecified atom stereocenters. The minimum atomic E-state index is -0.572. The van der Waals surface area contributed by atoms with Gasteiger partial charge < -0.3 is 4.74 Å². The molecule has 0 aliphatic carbocycles. The molecule has 0 atom stereocenters. The van der Waals surface area contributed by atoms with Crippen molar-refractivity contribution in [3.63, 3.8) is 0 Å². The van der Waals surface area contributed by atoms with Crippen LogP contribution < -0.4 is 9.64 Å². The van der Waals surface area contributed by atoms with E-state index in [1.165, 1.54) is 17.0 Å².